The molecule has 11 N–H and O–H groups in total. The zero-order valence-electron chi connectivity index (χ0n) is 23.9. The van der Waals surface area contributed by atoms with E-state index < -0.39 is 60.0 Å². The van der Waals surface area contributed by atoms with E-state index in [9.17, 15) is 34.2 Å². The van der Waals surface area contributed by atoms with Gasteiger partial charge in [0.25, 0.3) is 0 Å². The van der Waals surface area contributed by atoms with Gasteiger partial charge in [-0.2, -0.15) is 12.6 Å². The van der Waals surface area contributed by atoms with E-state index in [-0.39, 0.29) is 49.3 Å². The molecule has 1 aliphatic rings. The average Bonchev–Trinajstić information content (AvgIpc) is 3.42. The third-order valence-electron chi connectivity index (χ3n) is 6.43. The molecule has 4 amide bonds. The molecule has 1 fully saturated rings. The fraction of sp³-hybridized carbons (Fsp3) is 0.760. The van der Waals surface area contributed by atoms with Crippen LogP contribution in [0.15, 0.2) is 0 Å². The summed E-state index contributed by atoms with van der Waals surface area (Å²) in [4.78, 5) is 63.5. The van der Waals surface area contributed by atoms with E-state index >= 15 is 0 Å². The maximum Gasteiger partial charge on any atom is 0.326 e. The number of rotatable bonds is 18. The Morgan fingerprint density at radius 1 is 0.976 bits per heavy atom. The monoisotopic (exact) mass is 602 g/mol. The molecule has 0 saturated carbocycles. The van der Waals surface area contributed by atoms with Crippen LogP contribution in [0.2, 0.25) is 0 Å². The van der Waals surface area contributed by atoms with Crippen LogP contribution in [0.4, 0.5) is 0 Å². The zero-order chi connectivity index (χ0) is 31.1. The quantitative estimate of drug-likeness (QED) is 0.0349. The molecule has 41 heavy (non-hydrogen) atoms. The molecule has 1 rings (SSSR count). The molecule has 0 aromatic carbocycles. The first-order chi connectivity index (χ1) is 19.3. The Hall–Kier alpha value is -3.11. The number of carbonyl (C=O) groups is 5. The lowest BCUT2D eigenvalue weighted by Crippen LogP contribution is -2.60. The number of amides is 4. The van der Waals surface area contributed by atoms with Gasteiger partial charge in [0, 0.05) is 6.54 Å². The van der Waals surface area contributed by atoms with Gasteiger partial charge < -0.3 is 47.8 Å². The Balaban J connectivity index is 2.98. The van der Waals surface area contributed by atoms with Crippen molar-refractivity contribution in [2.45, 2.75) is 95.6 Å². The van der Waals surface area contributed by atoms with Gasteiger partial charge in [-0.3, -0.25) is 24.6 Å². The first-order valence-corrected chi connectivity index (χ1v) is 14.4. The molecule has 234 valence electrons. The van der Waals surface area contributed by atoms with Crippen molar-refractivity contribution in [3.63, 3.8) is 0 Å². The van der Waals surface area contributed by atoms with E-state index in [1.165, 1.54) is 6.92 Å². The number of carbonyl (C=O) groups excluding carboxylic acids is 4. The number of thiol groups is 1. The van der Waals surface area contributed by atoms with Gasteiger partial charge in [-0.15, -0.1) is 0 Å². The molecule has 0 radical (unpaired) electrons. The number of nitrogens with two attached hydrogens (primary N) is 1. The average molecular weight is 603 g/mol. The standard InChI is InChI=1S/C25H46N8O7S/c1-13(2)12-18(24(39)40)32-23(38)19(14(3)34)33-22(37)17(8-11-41)31-21(36)16(7-5-10-29-25(26)27)30-20(35)15-6-4-9-28-15/h13-19,28,34,41H,4-12H2,1-3H3,(H,30,35)(H,31,36)(H,32,38)(H,33,37)(H,39,40)(H4,26,27,29)/t14-,15+,16+,17+,18+,19+/m1/s1. The van der Waals surface area contributed by atoms with E-state index in [4.69, 9.17) is 11.1 Å². The Morgan fingerprint density at radius 3 is 2.10 bits per heavy atom. The molecule has 1 saturated heterocycles. The lowest BCUT2D eigenvalue weighted by Gasteiger charge is -2.27. The zero-order valence-corrected chi connectivity index (χ0v) is 24.8. The smallest absolute Gasteiger partial charge is 0.326 e. The van der Waals surface area contributed by atoms with Crippen molar-refractivity contribution in [3.8, 4) is 0 Å². The Bertz CT molecular complexity index is 914. The van der Waals surface area contributed by atoms with Gasteiger partial charge in [-0.25, -0.2) is 4.79 Å². The summed E-state index contributed by atoms with van der Waals surface area (Å²) in [5.74, 6) is -3.99. The van der Waals surface area contributed by atoms with Crippen LogP contribution in [0.5, 0.6) is 0 Å². The third-order valence-corrected chi connectivity index (χ3v) is 6.69. The second-order valence-electron chi connectivity index (χ2n) is 10.5. The highest BCUT2D eigenvalue weighted by atomic mass is 32.1. The predicted octanol–water partition coefficient (Wildman–Crippen LogP) is -2.23. The van der Waals surface area contributed by atoms with Gasteiger partial charge in [0.2, 0.25) is 23.6 Å². The van der Waals surface area contributed by atoms with Gasteiger partial charge in [0.05, 0.1) is 12.1 Å². The number of aliphatic hydroxyl groups excluding tert-OH is 1. The molecule has 15 nitrogen and oxygen atoms in total. The van der Waals surface area contributed by atoms with Crippen LogP contribution < -0.4 is 37.6 Å². The molecule has 6 atom stereocenters. The summed E-state index contributed by atoms with van der Waals surface area (Å²) < 4.78 is 0. The molecule has 0 aliphatic carbocycles. The fourth-order valence-corrected chi connectivity index (χ4v) is 4.52. The number of nitrogens with one attached hydrogen (secondary N) is 7. The Kier molecular flexibility index (Phi) is 16.1. The lowest BCUT2D eigenvalue weighted by molar-refractivity contribution is -0.143. The normalized spacial score (nSPS) is 18.3. The minimum Gasteiger partial charge on any atom is -0.480 e. The van der Waals surface area contributed by atoms with Crippen LogP contribution in [0.3, 0.4) is 0 Å². The lowest BCUT2D eigenvalue weighted by atomic mass is 10.0. The molecule has 0 bridgehead atoms. The summed E-state index contributed by atoms with van der Waals surface area (Å²) in [5.41, 5.74) is 5.30. The molecule has 1 aliphatic heterocycles. The summed E-state index contributed by atoms with van der Waals surface area (Å²) in [6.07, 6.45) is 0.848. The van der Waals surface area contributed by atoms with Gasteiger partial charge in [0.15, 0.2) is 5.96 Å². The molecule has 1 heterocycles. The molecule has 0 aromatic rings. The minimum absolute atomic E-state index is 0.0397. The van der Waals surface area contributed by atoms with Crippen molar-refractivity contribution >= 4 is 48.2 Å². The first-order valence-electron chi connectivity index (χ1n) is 13.8. The van der Waals surface area contributed by atoms with Crippen molar-refractivity contribution in [2.24, 2.45) is 11.7 Å². The number of hydrogen-bond donors (Lipinski definition) is 11. The van der Waals surface area contributed by atoms with E-state index in [1.54, 1.807) is 13.8 Å². The van der Waals surface area contributed by atoms with Crippen molar-refractivity contribution in [3.05, 3.63) is 0 Å². The predicted molar refractivity (Wildman–Crippen MR) is 155 cm³/mol. The molecule has 0 aromatic heterocycles. The maximum atomic E-state index is 13.3. The second-order valence-corrected chi connectivity index (χ2v) is 11.0. The number of hydrogen-bond acceptors (Lipinski definition) is 9. The highest BCUT2D eigenvalue weighted by Gasteiger charge is 2.34. The highest BCUT2D eigenvalue weighted by molar-refractivity contribution is 7.80. The van der Waals surface area contributed by atoms with Gasteiger partial charge >= 0.3 is 5.97 Å². The number of carboxylic acids is 1. The van der Waals surface area contributed by atoms with Crippen LogP contribution in [0.1, 0.15) is 59.3 Å². The largest absolute Gasteiger partial charge is 0.480 e. The van der Waals surface area contributed by atoms with Crippen LogP contribution in [0, 0.1) is 11.3 Å². The highest BCUT2D eigenvalue weighted by Crippen LogP contribution is 2.09. The maximum absolute atomic E-state index is 13.3. The summed E-state index contributed by atoms with van der Waals surface area (Å²) >= 11 is 4.16. The van der Waals surface area contributed by atoms with Crippen LogP contribution in [-0.2, 0) is 24.0 Å². The van der Waals surface area contributed by atoms with Gasteiger partial charge in [-0.05, 0) is 63.7 Å². The second kappa shape index (κ2) is 18.3. The van der Waals surface area contributed by atoms with Gasteiger partial charge in [-0.1, -0.05) is 13.8 Å². The first kappa shape index (κ1) is 35.9. The fourth-order valence-electron chi connectivity index (χ4n) is 4.26. The number of aliphatic hydroxyl groups is 1. The molecular formula is C25H46N8O7S. The number of aliphatic carboxylic acids is 1. The summed E-state index contributed by atoms with van der Waals surface area (Å²) in [6.45, 7) is 5.83. The number of guanidine groups is 1. The van der Waals surface area contributed by atoms with Crippen molar-refractivity contribution in [1.82, 2.24) is 31.9 Å². The van der Waals surface area contributed by atoms with Crippen LogP contribution in [0.25, 0.3) is 0 Å². The van der Waals surface area contributed by atoms with E-state index in [0.29, 0.717) is 19.4 Å². The molecule has 0 unspecified atom stereocenters. The molecule has 0 spiro atoms. The topological polar surface area (TPSA) is 248 Å². The van der Waals surface area contributed by atoms with Gasteiger partial charge in [0.1, 0.15) is 24.2 Å². The van der Waals surface area contributed by atoms with Crippen LogP contribution in [-0.4, -0.2) is 101 Å². The van der Waals surface area contributed by atoms with E-state index in [1.807, 2.05) is 0 Å². The summed E-state index contributed by atoms with van der Waals surface area (Å²) in [5, 5.41) is 42.7. The van der Waals surface area contributed by atoms with Crippen molar-refractivity contribution < 1.29 is 34.2 Å². The van der Waals surface area contributed by atoms with Crippen molar-refractivity contribution in [2.75, 3.05) is 18.8 Å². The summed E-state index contributed by atoms with van der Waals surface area (Å²) in [7, 11) is 0. The molecule has 16 heteroatoms. The van der Waals surface area contributed by atoms with E-state index in [0.717, 1.165) is 6.42 Å². The Morgan fingerprint density at radius 2 is 1.59 bits per heavy atom. The number of carboxylic acid groups (broad SMARTS) is 1. The van der Waals surface area contributed by atoms with E-state index in [2.05, 4.69) is 44.5 Å². The van der Waals surface area contributed by atoms with Crippen molar-refractivity contribution in [1.29, 1.82) is 5.41 Å². The summed E-state index contributed by atoms with van der Waals surface area (Å²) in [6, 6.07) is -5.31. The van der Waals surface area contributed by atoms with Crippen LogP contribution >= 0.6 is 12.6 Å². The minimum atomic E-state index is -1.49. The SMILES string of the molecule is CC(C)C[C@H](NC(=O)[C@@H](NC(=O)[C@H](CCS)NC(=O)[C@H](CCCNC(=N)N)NC(=O)[C@@H]1CCCN1)[C@@H](C)O)C(=O)O. The third kappa shape index (κ3) is 13.4. The Labute approximate surface area is 245 Å². The molecular weight excluding hydrogens is 556 g/mol.